The molecular formula is C21H20F2N2O4S. The summed E-state index contributed by atoms with van der Waals surface area (Å²) in [7, 11) is 2.91. The number of ether oxygens (including phenoxy) is 3. The number of benzene rings is 2. The number of amides is 1. The zero-order valence-corrected chi connectivity index (χ0v) is 17.2. The SMILES string of the molecule is COCCN(C(=O)C=Cc1ccc(OC(F)F)c(OC)c1)c1nc2ccccc2s1. The highest BCUT2D eigenvalue weighted by molar-refractivity contribution is 7.22. The van der Waals surface area contributed by atoms with E-state index < -0.39 is 6.61 Å². The highest BCUT2D eigenvalue weighted by Crippen LogP contribution is 2.31. The Bertz CT molecular complexity index is 1010. The van der Waals surface area contributed by atoms with E-state index in [2.05, 4.69) is 9.72 Å². The standard InChI is InChI=1S/C21H20F2N2O4S/c1-27-12-11-25(21-24-15-5-3-4-6-18(15)30-21)19(26)10-8-14-7-9-16(29-20(22)23)17(13-14)28-2/h3-10,13,20H,11-12H2,1-2H3. The molecule has 30 heavy (non-hydrogen) atoms. The number of rotatable bonds is 9. The Hall–Kier alpha value is -3.04. The van der Waals surface area contributed by atoms with Crippen LogP contribution < -0.4 is 14.4 Å². The third-order valence-corrected chi connectivity index (χ3v) is 5.18. The monoisotopic (exact) mass is 434 g/mol. The Morgan fingerprint density at radius 3 is 2.70 bits per heavy atom. The summed E-state index contributed by atoms with van der Waals surface area (Å²) in [6, 6.07) is 12.1. The number of thiazole rings is 1. The first-order valence-corrected chi connectivity index (χ1v) is 9.80. The van der Waals surface area contributed by atoms with Crippen molar-refractivity contribution in [2.24, 2.45) is 0 Å². The number of methoxy groups -OCH3 is 2. The molecule has 1 aromatic heterocycles. The van der Waals surface area contributed by atoms with Crippen LogP contribution in [0.1, 0.15) is 5.56 Å². The molecule has 3 rings (SSSR count). The highest BCUT2D eigenvalue weighted by atomic mass is 32.1. The zero-order valence-electron chi connectivity index (χ0n) is 16.4. The molecule has 0 fully saturated rings. The van der Waals surface area contributed by atoms with Crippen LogP contribution in [0.15, 0.2) is 48.5 Å². The molecule has 0 aliphatic heterocycles. The maximum atomic E-state index is 12.9. The molecule has 0 N–H and O–H groups in total. The van der Waals surface area contributed by atoms with Gasteiger partial charge in [0.15, 0.2) is 16.6 Å². The van der Waals surface area contributed by atoms with E-state index in [-0.39, 0.29) is 17.4 Å². The van der Waals surface area contributed by atoms with Gasteiger partial charge in [-0.25, -0.2) is 4.98 Å². The van der Waals surface area contributed by atoms with E-state index in [9.17, 15) is 13.6 Å². The summed E-state index contributed by atoms with van der Waals surface area (Å²) in [5.74, 6) is -0.211. The number of fused-ring (bicyclic) bond motifs is 1. The van der Waals surface area contributed by atoms with Gasteiger partial charge in [0.2, 0.25) is 0 Å². The molecule has 0 unspecified atom stereocenters. The molecule has 2 aromatic carbocycles. The van der Waals surface area contributed by atoms with E-state index in [0.717, 1.165) is 10.2 Å². The fraction of sp³-hybridized carbons (Fsp3) is 0.238. The first-order chi connectivity index (χ1) is 14.5. The Morgan fingerprint density at radius 2 is 2.00 bits per heavy atom. The summed E-state index contributed by atoms with van der Waals surface area (Å²) in [4.78, 5) is 18.9. The second kappa shape index (κ2) is 10.1. The first-order valence-electron chi connectivity index (χ1n) is 8.98. The zero-order chi connectivity index (χ0) is 21.5. The van der Waals surface area contributed by atoms with Crippen LogP contribution in [0, 0.1) is 0 Å². The fourth-order valence-corrected chi connectivity index (χ4v) is 3.69. The lowest BCUT2D eigenvalue weighted by molar-refractivity contribution is -0.114. The lowest BCUT2D eigenvalue weighted by Gasteiger charge is -2.17. The van der Waals surface area contributed by atoms with Crippen molar-refractivity contribution in [3.63, 3.8) is 0 Å². The van der Waals surface area contributed by atoms with Crippen molar-refractivity contribution in [2.75, 3.05) is 32.3 Å². The molecule has 0 bridgehead atoms. The van der Waals surface area contributed by atoms with Crippen molar-refractivity contribution in [3.8, 4) is 11.5 Å². The third-order valence-electron chi connectivity index (χ3n) is 4.12. The Kier molecular flexibility index (Phi) is 7.31. The number of hydrogen-bond acceptors (Lipinski definition) is 6. The van der Waals surface area contributed by atoms with Crippen LogP contribution in [0.4, 0.5) is 13.9 Å². The van der Waals surface area contributed by atoms with E-state index >= 15 is 0 Å². The molecule has 6 nitrogen and oxygen atoms in total. The molecule has 1 heterocycles. The minimum Gasteiger partial charge on any atom is -0.493 e. The number of para-hydroxylation sites is 1. The predicted octanol–water partition coefficient (Wildman–Crippen LogP) is 4.60. The van der Waals surface area contributed by atoms with Gasteiger partial charge in [0.1, 0.15) is 0 Å². The van der Waals surface area contributed by atoms with Crippen LogP contribution >= 0.6 is 11.3 Å². The fourth-order valence-electron chi connectivity index (χ4n) is 2.70. The molecule has 0 spiro atoms. The second-order valence-corrected chi connectivity index (χ2v) is 7.08. The van der Waals surface area contributed by atoms with Crippen LogP contribution in [-0.4, -0.2) is 44.9 Å². The number of hydrogen-bond donors (Lipinski definition) is 0. The molecule has 3 aromatic rings. The topological polar surface area (TPSA) is 60.9 Å². The molecule has 0 aliphatic carbocycles. The highest BCUT2D eigenvalue weighted by Gasteiger charge is 2.18. The first kappa shape index (κ1) is 21.7. The largest absolute Gasteiger partial charge is 0.493 e. The molecule has 0 saturated carbocycles. The summed E-state index contributed by atoms with van der Waals surface area (Å²) in [6.45, 7) is -2.27. The van der Waals surface area contributed by atoms with Crippen molar-refractivity contribution in [1.82, 2.24) is 4.98 Å². The van der Waals surface area contributed by atoms with Gasteiger partial charge in [-0.05, 0) is 35.9 Å². The van der Waals surface area contributed by atoms with Gasteiger partial charge in [0, 0.05) is 13.2 Å². The van der Waals surface area contributed by atoms with E-state index in [1.54, 1.807) is 19.3 Å². The maximum absolute atomic E-state index is 12.9. The number of halogens is 2. The van der Waals surface area contributed by atoms with Crippen molar-refractivity contribution >= 4 is 38.7 Å². The average molecular weight is 434 g/mol. The number of carbonyl (C=O) groups is 1. The summed E-state index contributed by atoms with van der Waals surface area (Å²) in [5, 5.41) is 0.571. The summed E-state index contributed by atoms with van der Waals surface area (Å²) in [5.41, 5.74) is 1.41. The summed E-state index contributed by atoms with van der Waals surface area (Å²) >= 11 is 1.42. The number of alkyl halides is 2. The summed E-state index contributed by atoms with van der Waals surface area (Å²) < 4.78 is 40.5. The molecule has 158 valence electrons. The Balaban J connectivity index is 1.82. The third kappa shape index (κ3) is 5.31. The van der Waals surface area contributed by atoms with Crippen molar-refractivity contribution in [1.29, 1.82) is 0 Å². The molecule has 9 heteroatoms. The lowest BCUT2D eigenvalue weighted by Crippen LogP contribution is -2.32. The van der Waals surface area contributed by atoms with Gasteiger partial charge in [-0.3, -0.25) is 9.69 Å². The van der Waals surface area contributed by atoms with Crippen molar-refractivity contribution < 1.29 is 27.8 Å². The van der Waals surface area contributed by atoms with E-state index in [1.165, 1.54) is 41.6 Å². The molecular weight excluding hydrogens is 414 g/mol. The summed E-state index contributed by atoms with van der Waals surface area (Å²) in [6.07, 6.45) is 2.97. The van der Waals surface area contributed by atoms with E-state index in [4.69, 9.17) is 9.47 Å². The normalized spacial score (nSPS) is 11.4. The number of carbonyl (C=O) groups excluding carboxylic acids is 1. The Morgan fingerprint density at radius 1 is 1.20 bits per heavy atom. The number of aromatic nitrogens is 1. The van der Waals surface area contributed by atoms with Gasteiger partial charge < -0.3 is 14.2 Å². The Labute approximate surface area is 176 Å². The van der Waals surface area contributed by atoms with Gasteiger partial charge in [-0.2, -0.15) is 8.78 Å². The quantitative estimate of drug-likeness (QED) is 0.461. The van der Waals surface area contributed by atoms with Crippen LogP contribution in [-0.2, 0) is 9.53 Å². The van der Waals surface area contributed by atoms with Crippen LogP contribution in [0.3, 0.4) is 0 Å². The van der Waals surface area contributed by atoms with Crippen LogP contribution in [0.25, 0.3) is 16.3 Å². The smallest absolute Gasteiger partial charge is 0.387 e. The van der Waals surface area contributed by atoms with Crippen molar-refractivity contribution in [3.05, 3.63) is 54.1 Å². The van der Waals surface area contributed by atoms with Gasteiger partial charge >= 0.3 is 6.61 Å². The van der Waals surface area contributed by atoms with Gasteiger partial charge in [-0.1, -0.05) is 29.5 Å². The molecule has 0 aliphatic rings. The van der Waals surface area contributed by atoms with E-state index in [1.807, 2.05) is 24.3 Å². The average Bonchev–Trinajstić information content (AvgIpc) is 3.16. The number of nitrogens with zero attached hydrogens (tertiary/aromatic N) is 2. The maximum Gasteiger partial charge on any atom is 0.387 e. The molecule has 1 amide bonds. The minimum atomic E-state index is -2.95. The number of anilines is 1. The van der Waals surface area contributed by atoms with Gasteiger partial charge in [-0.15, -0.1) is 0 Å². The predicted molar refractivity (Wildman–Crippen MR) is 113 cm³/mol. The molecule has 0 saturated heterocycles. The van der Waals surface area contributed by atoms with Crippen molar-refractivity contribution in [2.45, 2.75) is 6.61 Å². The minimum absolute atomic E-state index is 0.0767. The second-order valence-electron chi connectivity index (χ2n) is 6.07. The van der Waals surface area contributed by atoms with Gasteiger partial charge in [0.05, 0.1) is 30.5 Å². The van der Waals surface area contributed by atoms with E-state index in [0.29, 0.717) is 23.8 Å². The lowest BCUT2D eigenvalue weighted by atomic mass is 10.2. The van der Waals surface area contributed by atoms with Crippen LogP contribution in [0.2, 0.25) is 0 Å². The molecule has 0 radical (unpaired) electrons. The van der Waals surface area contributed by atoms with Crippen LogP contribution in [0.5, 0.6) is 11.5 Å². The molecule has 0 atom stereocenters. The van der Waals surface area contributed by atoms with Gasteiger partial charge in [0.25, 0.3) is 5.91 Å².